The molecule has 0 bridgehead atoms. The number of hydrogen-bond donors (Lipinski definition) is 1. The van der Waals surface area contributed by atoms with Crippen molar-refractivity contribution in [2.45, 2.75) is 25.2 Å². The quantitative estimate of drug-likeness (QED) is 0.799. The molecule has 0 saturated carbocycles. The molecule has 1 amide bonds. The summed E-state index contributed by atoms with van der Waals surface area (Å²) in [5, 5.41) is 0. The Hall–Kier alpha value is -1.80. The van der Waals surface area contributed by atoms with Gasteiger partial charge in [-0.15, -0.1) is 0 Å². The second kappa shape index (κ2) is 7.65. The molecule has 1 heterocycles. The number of ether oxygens (including phenoxy) is 2. The van der Waals surface area contributed by atoms with E-state index in [9.17, 15) is 13.2 Å². The minimum Gasteiger partial charge on any atom is -0.486 e. The molecule has 0 spiro atoms. The third-order valence-corrected chi connectivity index (χ3v) is 4.90. The molecule has 0 radical (unpaired) electrons. The highest BCUT2D eigenvalue weighted by Crippen LogP contribution is 2.32. The lowest BCUT2D eigenvalue weighted by molar-refractivity contribution is -0.128. The number of carbonyl (C=O) groups excluding carboxylic acids is 1. The van der Waals surface area contributed by atoms with Gasteiger partial charge in [-0.1, -0.05) is 6.92 Å². The third kappa shape index (κ3) is 4.59. The van der Waals surface area contributed by atoms with Crippen molar-refractivity contribution in [3.63, 3.8) is 0 Å². The summed E-state index contributed by atoms with van der Waals surface area (Å²) in [5.74, 6) is 0.904. The first-order valence-electron chi connectivity index (χ1n) is 7.59. The molecule has 23 heavy (non-hydrogen) atoms. The van der Waals surface area contributed by atoms with Crippen molar-refractivity contribution in [3.05, 3.63) is 18.2 Å². The van der Waals surface area contributed by atoms with Crippen LogP contribution in [0.25, 0.3) is 0 Å². The van der Waals surface area contributed by atoms with Crippen LogP contribution in [0.5, 0.6) is 11.5 Å². The highest BCUT2D eigenvalue weighted by molar-refractivity contribution is 7.89. The van der Waals surface area contributed by atoms with Crippen LogP contribution in [0.2, 0.25) is 0 Å². The predicted molar refractivity (Wildman–Crippen MR) is 85.2 cm³/mol. The van der Waals surface area contributed by atoms with Crippen LogP contribution in [0, 0.1) is 0 Å². The number of carbonyl (C=O) groups is 1. The molecule has 0 aliphatic carbocycles. The van der Waals surface area contributed by atoms with Crippen molar-refractivity contribution in [2.75, 3.05) is 32.8 Å². The summed E-state index contributed by atoms with van der Waals surface area (Å²) in [5.41, 5.74) is 0. The van der Waals surface area contributed by atoms with E-state index in [2.05, 4.69) is 4.72 Å². The molecule has 8 heteroatoms. The number of benzene rings is 1. The van der Waals surface area contributed by atoms with E-state index >= 15 is 0 Å². The molecule has 128 valence electrons. The van der Waals surface area contributed by atoms with Gasteiger partial charge in [0.15, 0.2) is 11.5 Å². The lowest BCUT2D eigenvalue weighted by Gasteiger charge is -2.21. The Morgan fingerprint density at radius 1 is 1.22 bits per heavy atom. The Kier molecular flexibility index (Phi) is 5.84. The van der Waals surface area contributed by atoms with E-state index in [1.165, 1.54) is 19.1 Å². The predicted octanol–water partition coefficient (Wildman–Crippen LogP) is 0.995. The van der Waals surface area contributed by atoms with E-state index < -0.39 is 10.0 Å². The highest BCUT2D eigenvalue weighted by Gasteiger charge is 2.19. The maximum Gasteiger partial charge on any atom is 0.240 e. The molecule has 7 nitrogen and oxygen atoms in total. The molecule has 1 aliphatic rings. The Morgan fingerprint density at radius 2 is 1.91 bits per heavy atom. The molecule has 0 fully saturated rings. The van der Waals surface area contributed by atoms with E-state index in [4.69, 9.17) is 9.47 Å². The van der Waals surface area contributed by atoms with Crippen LogP contribution in [0.3, 0.4) is 0 Å². The van der Waals surface area contributed by atoms with Gasteiger partial charge in [0, 0.05) is 32.6 Å². The smallest absolute Gasteiger partial charge is 0.240 e. The van der Waals surface area contributed by atoms with Gasteiger partial charge in [0.25, 0.3) is 0 Å². The molecule has 0 aromatic heterocycles. The topological polar surface area (TPSA) is 84.9 Å². The van der Waals surface area contributed by atoms with Gasteiger partial charge in [0.05, 0.1) is 4.90 Å². The normalized spacial score (nSPS) is 13.7. The van der Waals surface area contributed by atoms with E-state index in [1.807, 2.05) is 6.92 Å². The van der Waals surface area contributed by atoms with Crippen LogP contribution in [0.15, 0.2) is 23.1 Å². The molecule has 0 unspecified atom stereocenters. The van der Waals surface area contributed by atoms with Crippen LogP contribution in [0.1, 0.15) is 20.3 Å². The number of hydrogen-bond acceptors (Lipinski definition) is 5. The van der Waals surface area contributed by atoms with Crippen molar-refractivity contribution < 1.29 is 22.7 Å². The summed E-state index contributed by atoms with van der Waals surface area (Å²) in [6.07, 6.45) is 0.828. The standard InChI is InChI=1S/C15H22N2O5S/c1-3-7-17(12(2)18)8-6-16-23(19,20)13-4-5-14-15(11-13)22-10-9-21-14/h4-5,11,16H,3,6-10H2,1-2H3. The molecule has 1 aromatic carbocycles. The third-order valence-electron chi connectivity index (χ3n) is 3.44. The van der Waals surface area contributed by atoms with Gasteiger partial charge in [-0.05, 0) is 18.6 Å². The number of fused-ring (bicyclic) bond motifs is 1. The van der Waals surface area contributed by atoms with Gasteiger partial charge in [0.2, 0.25) is 15.9 Å². The van der Waals surface area contributed by atoms with Crippen LogP contribution in [-0.4, -0.2) is 52.1 Å². The molecule has 1 N–H and O–H groups in total. The van der Waals surface area contributed by atoms with Crippen molar-refractivity contribution in [2.24, 2.45) is 0 Å². The Morgan fingerprint density at radius 3 is 2.57 bits per heavy atom. The van der Waals surface area contributed by atoms with Crippen LogP contribution in [0.4, 0.5) is 0 Å². The van der Waals surface area contributed by atoms with Crippen LogP contribution >= 0.6 is 0 Å². The molecule has 1 aliphatic heterocycles. The maximum absolute atomic E-state index is 12.3. The summed E-state index contributed by atoms with van der Waals surface area (Å²) in [7, 11) is -3.65. The molecular weight excluding hydrogens is 320 g/mol. The number of sulfonamides is 1. The SMILES string of the molecule is CCCN(CCNS(=O)(=O)c1ccc2c(c1)OCCO2)C(C)=O. The minimum absolute atomic E-state index is 0.0645. The molecule has 2 rings (SSSR count). The summed E-state index contributed by atoms with van der Waals surface area (Å²) >= 11 is 0. The lowest BCUT2D eigenvalue weighted by Crippen LogP contribution is -2.37. The van der Waals surface area contributed by atoms with Crippen molar-refractivity contribution >= 4 is 15.9 Å². The zero-order chi connectivity index (χ0) is 16.9. The average molecular weight is 342 g/mol. The zero-order valence-electron chi connectivity index (χ0n) is 13.4. The van der Waals surface area contributed by atoms with Crippen molar-refractivity contribution in [1.29, 1.82) is 0 Å². The molecule has 1 aromatic rings. The number of rotatable bonds is 7. The van der Waals surface area contributed by atoms with Gasteiger partial charge in [-0.2, -0.15) is 0 Å². The molecule has 0 saturated heterocycles. The van der Waals surface area contributed by atoms with Gasteiger partial charge in [-0.3, -0.25) is 4.79 Å². The number of nitrogens with zero attached hydrogens (tertiary/aromatic N) is 1. The van der Waals surface area contributed by atoms with E-state index in [1.54, 1.807) is 11.0 Å². The number of nitrogens with one attached hydrogen (secondary N) is 1. The first kappa shape index (κ1) is 17.6. The second-order valence-corrected chi connectivity index (χ2v) is 6.98. The zero-order valence-corrected chi connectivity index (χ0v) is 14.2. The minimum atomic E-state index is -3.65. The average Bonchev–Trinajstić information content (AvgIpc) is 2.53. The summed E-state index contributed by atoms with van der Waals surface area (Å²) in [4.78, 5) is 13.2. The first-order chi connectivity index (χ1) is 10.9. The fourth-order valence-electron chi connectivity index (χ4n) is 2.29. The van der Waals surface area contributed by atoms with E-state index in [0.717, 1.165) is 6.42 Å². The van der Waals surface area contributed by atoms with Crippen molar-refractivity contribution in [1.82, 2.24) is 9.62 Å². The lowest BCUT2D eigenvalue weighted by atomic mass is 10.3. The van der Waals surface area contributed by atoms with Gasteiger partial charge in [-0.25, -0.2) is 13.1 Å². The molecule has 0 atom stereocenters. The first-order valence-corrected chi connectivity index (χ1v) is 9.07. The Balaban J connectivity index is 2.00. The maximum atomic E-state index is 12.3. The van der Waals surface area contributed by atoms with Crippen LogP contribution in [-0.2, 0) is 14.8 Å². The second-order valence-electron chi connectivity index (χ2n) is 5.21. The molecular formula is C15H22N2O5S. The van der Waals surface area contributed by atoms with Crippen LogP contribution < -0.4 is 14.2 Å². The summed E-state index contributed by atoms with van der Waals surface area (Å²) < 4.78 is 37.9. The van der Waals surface area contributed by atoms with Gasteiger partial charge < -0.3 is 14.4 Å². The highest BCUT2D eigenvalue weighted by atomic mass is 32.2. The van der Waals surface area contributed by atoms with Gasteiger partial charge >= 0.3 is 0 Å². The van der Waals surface area contributed by atoms with E-state index in [-0.39, 0.29) is 17.3 Å². The van der Waals surface area contributed by atoms with Crippen molar-refractivity contribution in [3.8, 4) is 11.5 Å². The summed E-state index contributed by atoms with van der Waals surface area (Å²) in [6.45, 7) is 5.41. The van der Waals surface area contributed by atoms with E-state index in [0.29, 0.717) is 37.8 Å². The van der Waals surface area contributed by atoms with Gasteiger partial charge in [0.1, 0.15) is 13.2 Å². The fourth-order valence-corrected chi connectivity index (χ4v) is 3.32. The fraction of sp³-hybridized carbons (Fsp3) is 0.533. The number of amides is 1. The monoisotopic (exact) mass is 342 g/mol. The Labute approximate surface area is 136 Å². The largest absolute Gasteiger partial charge is 0.486 e. The summed E-state index contributed by atoms with van der Waals surface area (Å²) in [6, 6.07) is 4.51. The Bertz CT molecular complexity index is 660.